The van der Waals surface area contributed by atoms with Gasteiger partial charge in [0.2, 0.25) is 0 Å². The number of anilines is 1. The number of rotatable bonds is 5. The molecule has 4 aromatic rings. The number of benzene rings is 2. The van der Waals surface area contributed by atoms with Crippen LogP contribution in [0.25, 0.3) is 17.1 Å². The minimum Gasteiger partial charge on any atom is -0.321 e. The van der Waals surface area contributed by atoms with Crippen molar-refractivity contribution < 1.29 is 4.79 Å². The highest BCUT2D eigenvalue weighted by Gasteiger charge is 2.28. The van der Waals surface area contributed by atoms with Gasteiger partial charge in [0.25, 0.3) is 5.91 Å². The van der Waals surface area contributed by atoms with E-state index in [2.05, 4.69) is 31.0 Å². The molecular weight excluding hydrogens is 356 g/mol. The summed E-state index contributed by atoms with van der Waals surface area (Å²) in [6, 6.07) is 17.2. The fourth-order valence-corrected chi connectivity index (χ4v) is 2.93. The molecule has 1 amide bonds. The molecule has 5 rings (SSSR count). The standard InChI is InChI=1S/C19H16N8O/c28-19(17-12-20-27(23-17)16-7-2-1-3-8-16)21-14-6-4-5-13(11-14)18-22-24-25-26(18)15-9-10-15/h1-8,11-12,15H,9-10H2,(H,21,28). The van der Waals surface area contributed by atoms with Gasteiger partial charge in [0.1, 0.15) is 0 Å². The molecule has 2 aromatic carbocycles. The van der Waals surface area contributed by atoms with E-state index in [1.54, 1.807) is 0 Å². The predicted molar refractivity (Wildman–Crippen MR) is 101 cm³/mol. The molecule has 0 unspecified atom stereocenters. The van der Waals surface area contributed by atoms with E-state index in [1.807, 2.05) is 59.3 Å². The molecule has 2 aromatic heterocycles. The molecule has 0 bridgehead atoms. The maximum absolute atomic E-state index is 12.6. The van der Waals surface area contributed by atoms with Crippen molar-refractivity contribution in [1.29, 1.82) is 0 Å². The molecule has 0 atom stereocenters. The zero-order chi connectivity index (χ0) is 18.9. The summed E-state index contributed by atoms with van der Waals surface area (Å²) in [6.07, 6.45) is 3.62. The largest absolute Gasteiger partial charge is 0.321 e. The van der Waals surface area contributed by atoms with Crippen LogP contribution in [0.2, 0.25) is 0 Å². The molecule has 0 radical (unpaired) electrons. The van der Waals surface area contributed by atoms with Crippen LogP contribution in [0, 0.1) is 0 Å². The molecule has 9 heteroatoms. The van der Waals surface area contributed by atoms with Gasteiger partial charge < -0.3 is 5.32 Å². The number of amides is 1. The molecule has 2 heterocycles. The van der Waals surface area contributed by atoms with Crippen molar-refractivity contribution in [3.05, 3.63) is 66.5 Å². The molecule has 1 saturated carbocycles. The van der Waals surface area contributed by atoms with E-state index in [-0.39, 0.29) is 11.6 Å². The maximum Gasteiger partial charge on any atom is 0.277 e. The summed E-state index contributed by atoms with van der Waals surface area (Å²) in [5.41, 5.74) is 2.51. The Bertz CT molecular complexity index is 1130. The van der Waals surface area contributed by atoms with Crippen LogP contribution < -0.4 is 5.32 Å². The van der Waals surface area contributed by atoms with E-state index >= 15 is 0 Å². The van der Waals surface area contributed by atoms with Gasteiger partial charge in [-0.3, -0.25) is 4.79 Å². The predicted octanol–water partition coefficient (Wildman–Crippen LogP) is 2.51. The third kappa shape index (κ3) is 3.13. The van der Waals surface area contributed by atoms with Gasteiger partial charge in [-0.1, -0.05) is 30.3 Å². The van der Waals surface area contributed by atoms with Crippen molar-refractivity contribution in [3.8, 4) is 17.1 Å². The lowest BCUT2D eigenvalue weighted by atomic mass is 10.2. The van der Waals surface area contributed by atoms with Gasteiger partial charge in [0, 0.05) is 11.3 Å². The van der Waals surface area contributed by atoms with Crippen LogP contribution in [0.1, 0.15) is 29.4 Å². The fraction of sp³-hybridized carbons (Fsp3) is 0.158. The van der Waals surface area contributed by atoms with Crippen LogP contribution in [0.15, 0.2) is 60.8 Å². The SMILES string of the molecule is O=C(Nc1cccc(-c2nnnn2C2CC2)c1)c1cnn(-c2ccccc2)n1. The average Bonchev–Trinajstić information content (AvgIpc) is 3.26. The van der Waals surface area contributed by atoms with Crippen molar-refractivity contribution in [2.24, 2.45) is 0 Å². The molecule has 1 aliphatic rings. The van der Waals surface area contributed by atoms with Crippen LogP contribution in [0.3, 0.4) is 0 Å². The first kappa shape index (κ1) is 16.3. The smallest absolute Gasteiger partial charge is 0.277 e. The monoisotopic (exact) mass is 372 g/mol. The number of para-hydroxylation sites is 1. The van der Waals surface area contributed by atoms with Gasteiger partial charge in [0.05, 0.1) is 17.9 Å². The van der Waals surface area contributed by atoms with E-state index in [9.17, 15) is 4.79 Å². The number of aromatic nitrogens is 7. The van der Waals surface area contributed by atoms with Crippen LogP contribution in [0.5, 0.6) is 0 Å². The lowest BCUT2D eigenvalue weighted by Gasteiger charge is -2.06. The zero-order valence-electron chi connectivity index (χ0n) is 14.8. The minimum absolute atomic E-state index is 0.233. The van der Waals surface area contributed by atoms with Crippen molar-refractivity contribution in [3.63, 3.8) is 0 Å². The van der Waals surface area contributed by atoms with Crippen molar-refractivity contribution >= 4 is 11.6 Å². The van der Waals surface area contributed by atoms with E-state index in [0.717, 1.165) is 24.1 Å². The Morgan fingerprint density at radius 3 is 2.75 bits per heavy atom. The Hall–Kier alpha value is -3.88. The Labute approximate surface area is 160 Å². The number of nitrogens with zero attached hydrogens (tertiary/aromatic N) is 7. The highest BCUT2D eigenvalue weighted by atomic mass is 16.2. The van der Waals surface area contributed by atoms with Gasteiger partial charge in [0.15, 0.2) is 11.5 Å². The Morgan fingerprint density at radius 2 is 1.93 bits per heavy atom. The molecule has 28 heavy (non-hydrogen) atoms. The third-order valence-electron chi connectivity index (χ3n) is 4.48. The molecule has 0 spiro atoms. The first-order valence-electron chi connectivity index (χ1n) is 8.95. The zero-order valence-corrected chi connectivity index (χ0v) is 14.8. The molecule has 0 aliphatic heterocycles. The average molecular weight is 372 g/mol. The summed E-state index contributed by atoms with van der Waals surface area (Å²) in [6.45, 7) is 0. The number of carbonyl (C=O) groups excluding carboxylic acids is 1. The number of nitrogens with one attached hydrogen (secondary N) is 1. The first-order valence-corrected chi connectivity index (χ1v) is 8.95. The van der Waals surface area contributed by atoms with E-state index < -0.39 is 0 Å². The van der Waals surface area contributed by atoms with Crippen molar-refractivity contribution in [1.82, 2.24) is 35.2 Å². The van der Waals surface area contributed by atoms with Crippen molar-refractivity contribution in [2.75, 3.05) is 5.32 Å². The fourth-order valence-electron chi connectivity index (χ4n) is 2.93. The summed E-state index contributed by atoms with van der Waals surface area (Å²) < 4.78 is 1.84. The topological polar surface area (TPSA) is 103 Å². The summed E-state index contributed by atoms with van der Waals surface area (Å²) in [5.74, 6) is 0.370. The van der Waals surface area contributed by atoms with Gasteiger partial charge >= 0.3 is 0 Å². The summed E-state index contributed by atoms with van der Waals surface area (Å²) in [5, 5.41) is 23.3. The Morgan fingerprint density at radius 1 is 1.07 bits per heavy atom. The number of carbonyl (C=O) groups is 1. The van der Waals surface area contributed by atoms with Crippen LogP contribution in [-0.4, -0.2) is 41.1 Å². The Kier molecular flexibility index (Phi) is 3.90. The summed E-state index contributed by atoms with van der Waals surface area (Å²) in [4.78, 5) is 14.0. The van der Waals surface area contributed by atoms with Crippen molar-refractivity contribution in [2.45, 2.75) is 18.9 Å². The van der Waals surface area contributed by atoms with Gasteiger partial charge in [-0.2, -0.15) is 9.90 Å². The highest BCUT2D eigenvalue weighted by molar-refractivity contribution is 6.02. The lowest BCUT2D eigenvalue weighted by Crippen LogP contribution is -2.13. The first-order chi connectivity index (χ1) is 13.8. The van der Waals surface area contributed by atoms with Gasteiger partial charge in [-0.05, 0) is 47.5 Å². The molecule has 138 valence electrons. The third-order valence-corrected chi connectivity index (χ3v) is 4.48. The van der Waals surface area contributed by atoms with Gasteiger partial charge in [-0.25, -0.2) is 4.68 Å². The molecular formula is C19H16N8O. The second-order valence-electron chi connectivity index (χ2n) is 6.57. The maximum atomic E-state index is 12.6. The molecule has 1 fully saturated rings. The minimum atomic E-state index is -0.332. The Balaban J connectivity index is 1.36. The van der Waals surface area contributed by atoms with Crippen LogP contribution >= 0.6 is 0 Å². The lowest BCUT2D eigenvalue weighted by molar-refractivity contribution is 0.102. The highest BCUT2D eigenvalue weighted by Crippen LogP contribution is 2.36. The summed E-state index contributed by atoms with van der Waals surface area (Å²) >= 11 is 0. The molecule has 0 saturated heterocycles. The number of hydrogen-bond donors (Lipinski definition) is 1. The summed E-state index contributed by atoms with van der Waals surface area (Å²) in [7, 11) is 0. The van der Waals surface area contributed by atoms with Crippen LogP contribution in [-0.2, 0) is 0 Å². The second kappa shape index (κ2) is 6.69. The number of hydrogen-bond acceptors (Lipinski definition) is 6. The molecule has 9 nitrogen and oxygen atoms in total. The van der Waals surface area contributed by atoms with E-state index in [1.165, 1.54) is 11.0 Å². The second-order valence-corrected chi connectivity index (χ2v) is 6.57. The quantitative estimate of drug-likeness (QED) is 0.577. The van der Waals surface area contributed by atoms with E-state index in [4.69, 9.17) is 0 Å². The number of tetrazole rings is 1. The molecule has 1 aliphatic carbocycles. The van der Waals surface area contributed by atoms with E-state index in [0.29, 0.717) is 17.6 Å². The molecule has 1 N–H and O–H groups in total. The van der Waals surface area contributed by atoms with Crippen LogP contribution in [0.4, 0.5) is 5.69 Å². The van der Waals surface area contributed by atoms with Gasteiger partial charge in [-0.15, -0.1) is 10.2 Å². The normalized spacial score (nSPS) is 13.4.